The van der Waals surface area contributed by atoms with Crippen molar-refractivity contribution in [2.24, 2.45) is 0 Å². The number of rotatable bonds is 3. The van der Waals surface area contributed by atoms with Crippen LogP contribution in [0.1, 0.15) is 11.3 Å². The Morgan fingerprint density at radius 3 is 2.21 bits per heavy atom. The molecular weight excluding hydrogens is 388 g/mol. The van der Waals surface area contributed by atoms with Gasteiger partial charge in [0, 0.05) is 22.3 Å². The van der Waals surface area contributed by atoms with E-state index < -0.39 is 11.1 Å². The second-order valence-corrected chi connectivity index (χ2v) is 7.19. The Labute approximate surface area is 186 Å². The van der Waals surface area contributed by atoms with Crippen molar-refractivity contribution >= 4 is 16.7 Å². The number of halogens is 1. The standard InChI is InChI=1S/C20H16FN3O2S.Na/c1-12-11-22-20-18(14-3-7-16(21)8-4-14)19(23-24(20)13(12)2)15-5-9-17(10-6-15)27(25)26;/h3-11H,1-2H3,(H,25,26);/q;+1/p-1. The van der Waals surface area contributed by atoms with Gasteiger partial charge in [0.05, 0.1) is 5.56 Å². The molecule has 2 aromatic carbocycles. The van der Waals surface area contributed by atoms with Gasteiger partial charge in [-0.25, -0.2) is 13.9 Å². The molecule has 8 heteroatoms. The van der Waals surface area contributed by atoms with Crippen LogP contribution in [0.3, 0.4) is 0 Å². The van der Waals surface area contributed by atoms with Gasteiger partial charge in [0.2, 0.25) is 0 Å². The van der Waals surface area contributed by atoms with Crippen LogP contribution in [0.4, 0.5) is 4.39 Å². The molecule has 1 unspecified atom stereocenters. The molecule has 0 N–H and O–H groups in total. The molecule has 136 valence electrons. The van der Waals surface area contributed by atoms with Crippen molar-refractivity contribution in [2.75, 3.05) is 0 Å². The average molecular weight is 403 g/mol. The summed E-state index contributed by atoms with van der Waals surface area (Å²) < 4.78 is 37.4. The summed E-state index contributed by atoms with van der Waals surface area (Å²) in [5, 5.41) is 4.72. The number of fused-ring (bicyclic) bond motifs is 1. The minimum absolute atomic E-state index is 0. The van der Waals surface area contributed by atoms with Gasteiger partial charge in [-0.2, -0.15) is 5.10 Å². The zero-order valence-corrected chi connectivity index (χ0v) is 18.5. The molecule has 28 heavy (non-hydrogen) atoms. The van der Waals surface area contributed by atoms with E-state index in [1.54, 1.807) is 35.0 Å². The van der Waals surface area contributed by atoms with E-state index in [0.29, 0.717) is 11.3 Å². The van der Waals surface area contributed by atoms with Gasteiger partial charge in [0.25, 0.3) is 0 Å². The van der Waals surface area contributed by atoms with Gasteiger partial charge >= 0.3 is 29.6 Å². The van der Waals surface area contributed by atoms with Crippen LogP contribution in [0.2, 0.25) is 0 Å². The maximum atomic E-state index is 13.4. The summed E-state index contributed by atoms with van der Waals surface area (Å²) in [6.07, 6.45) is 1.78. The van der Waals surface area contributed by atoms with Gasteiger partial charge in [0.1, 0.15) is 11.5 Å². The maximum Gasteiger partial charge on any atom is 1.00 e. The summed E-state index contributed by atoms with van der Waals surface area (Å²) in [4.78, 5) is 4.74. The minimum Gasteiger partial charge on any atom is -0.768 e. The van der Waals surface area contributed by atoms with Crippen molar-refractivity contribution in [1.82, 2.24) is 14.6 Å². The van der Waals surface area contributed by atoms with E-state index in [1.165, 1.54) is 24.3 Å². The normalized spacial score (nSPS) is 12.0. The van der Waals surface area contributed by atoms with Crippen LogP contribution in [0.5, 0.6) is 0 Å². The second kappa shape index (κ2) is 8.23. The zero-order chi connectivity index (χ0) is 19.1. The first-order valence-electron chi connectivity index (χ1n) is 8.26. The van der Waals surface area contributed by atoms with E-state index in [0.717, 1.165) is 27.9 Å². The molecule has 0 aliphatic heterocycles. The molecule has 0 saturated carbocycles. The maximum absolute atomic E-state index is 13.4. The molecule has 0 radical (unpaired) electrons. The number of hydrogen-bond donors (Lipinski definition) is 0. The van der Waals surface area contributed by atoms with Gasteiger partial charge in [-0.15, -0.1) is 0 Å². The molecule has 2 heterocycles. The van der Waals surface area contributed by atoms with Crippen LogP contribution in [0, 0.1) is 19.7 Å². The third kappa shape index (κ3) is 3.68. The molecule has 0 saturated heterocycles. The van der Waals surface area contributed by atoms with Gasteiger partial charge in [-0.05, 0) is 60.3 Å². The predicted octanol–water partition coefficient (Wildman–Crippen LogP) is 1.06. The van der Waals surface area contributed by atoms with Crippen molar-refractivity contribution in [2.45, 2.75) is 18.7 Å². The quantitative estimate of drug-likeness (QED) is 0.379. The van der Waals surface area contributed by atoms with E-state index >= 15 is 0 Å². The molecule has 4 rings (SSSR count). The molecular formula is C20H15FN3NaO2S. The minimum atomic E-state index is -2.29. The molecule has 2 aromatic heterocycles. The SMILES string of the molecule is Cc1cnc2c(-c3ccc(F)cc3)c(-c3ccc(S(=O)[O-])cc3)nn2c1C.[Na+]. The summed E-state index contributed by atoms with van der Waals surface area (Å²) in [5.74, 6) is -0.320. The monoisotopic (exact) mass is 403 g/mol. The van der Waals surface area contributed by atoms with Gasteiger partial charge < -0.3 is 4.55 Å². The van der Waals surface area contributed by atoms with E-state index in [4.69, 9.17) is 5.10 Å². The molecule has 4 aromatic rings. The summed E-state index contributed by atoms with van der Waals surface area (Å²) in [6, 6.07) is 12.7. The van der Waals surface area contributed by atoms with Crippen LogP contribution >= 0.6 is 0 Å². The van der Waals surface area contributed by atoms with E-state index in [1.807, 2.05) is 13.8 Å². The molecule has 0 amide bonds. The number of nitrogens with zero attached hydrogens (tertiary/aromatic N) is 3. The molecule has 0 fully saturated rings. The predicted molar refractivity (Wildman–Crippen MR) is 100 cm³/mol. The van der Waals surface area contributed by atoms with E-state index in [2.05, 4.69) is 4.98 Å². The van der Waals surface area contributed by atoms with Gasteiger partial charge in [0.15, 0.2) is 5.65 Å². The first kappa shape index (κ1) is 20.8. The molecule has 0 aliphatic carbocycles. The molecule has 1 atom stereocenters. The second-order valence-electron chi connectivity index (χ2n) is 6.25. The Kier molecular flexibility index (Phi) is 6.12. The van der Waals surface area contributed by atoms with Gasteiger partial charge in [-0.1, -0.05) is 24.3 Å². The van der Waals surface area contributed by atoms with Crippen molar-refractivity contribution in [3.63, 3.8) is 0 Å². The summed E-state index contributed by atoms with van der Waals surface area (Å²) in [7, 11) is 0. The van der Waals surface area contributed by atoms with Crippen LogP contribution < -0.4 is 29.6 Å². The first-order valence-corrected chi connectivity index (χ1v) is 9.34. The van der Waals surface area contributed by atoms with Crippen molar-refractivity contribution in [3.8, 4) is 22.4 Å². The topological polar surface area (TPSA) is 70.3 Å². The van der Waals surface area contributed by atoms with Crippen LogP contribution in [-0.2, 0) is 11.1 Å². The summed E-state index contributed by atoms with van der Waals surface area (Å²) in [5.41, 5.74) is 5.59. The Morgan fingerprint density at radius 2 is 1.61 bits per heavy atom. The molecule has 5 nitrogen and oxygen atoms in total. The Bertz CT molecular complexity index is 1180. The fraction of sp³-hybridized carbons (Fsp3) is 0.100. The molecule has 0 bridgehead atoms. The van der Waals surface area contributed by atoms with Crippen LogP contribution in [0.15, 0.2) is 59.6 Å². The van der Waals surface area contributed by atoms with Crippen molar-refractivity contribution in [1.29, 1.82) is 0 Å². The molecule has 0 aliphatic rings. The average Bonchev–Trinajstić information content (AvgIpc) is 3.06. The Hall–Kier alpha value is -1.90. The third-order valence-electron chi connectivity index (χ3n) is 4.58. The van der Waals surface area contributed by atoms with E-state index in [-0.39, 0.29) is 40.3 Å². The number of aryl methyl sites for hydroxylation is 2. The fourth-order valence-corrected chi connectivity index (χ4v) is 3.35. The molecule has 0 spiro atoms. The van der Waals surface area contributed by atoms with Crippen molar-refractivity contribution < 1.29 is 42.7 Å². The Balaban J connectivity index is 0.00000225. The largest absolute Gasteiger partial charge is 1.00 e. The van der Waals surface area contributed by atoms with Crippen LogP contribution in [-0.4, -0.2) is 23.4 Å². The van der Waals surface area contributed by atoms with Crippen molar-refractivity contribution in [3.05, 3.63) is 71.8 Å². The number of aromatic nitrogens is 3. The summed E-state index contributed by atoms with van der Waals surface area (Å²) >= 11 is -2.29. The third-order valence-corrected chi connectivity index (χ3v) is 5.24. The Morgan fingerprint density at radius 1 is 1.00 bits per heavy atom. The van der Waals surface area contributed by atoms with Gasteiger partial charge in [-0.3, -0.25) is 4.21 Å². The zero-order valence-electron chi connectivity index (χ0n) is 15.6. The number of hydrogen-bond acceptors (Lipinski definition) is 4. The fourth-order valence-electron chi connectivity index (χ4n) is 2.99. The van der Waals surface area contributed by atoms with Crippen LogP contribution in [0.25, 0.3) is 28.0 Å². The number of benzene rings is 2. The van der Waals surface area contributed by atoms with E-state index in [9.17, 15) is 13.2 Å². The first-order chi connectivity index (χ1) is 13.0. The smallest absolute Gasteiger partial charge is 0.768 e. The summed E-state index contributed by atoms with van der Waals surface area (Å²) in [6.45, 7) is 3.91.